The minimum atomic E-state index is -1.01. The zero-order valence-corrected chi connectivity index (χ0v) is 15.3. The third kappa shape index (κ3) is 3.71. The van der Waals surface area contributed by atoms with Crippen LogP contribution in [0.15, 0.2) is 60.5 Å². The van der Waals surface area contributed by atoms with Gasteiger partial charge in [-0.25, -0.2) is 4.79 Å². The van der Waals surface area contributed by atoms with Crippen molar-refractivity contribution in [1.82, 2.24) is 0 Å². The molecule has 25 heavy (non-hydrogen) atoms. The third-order valence-electron chi connectivity index (χ3n) is 3.62. The molecule has 3 aromatic rings. The quantitative estimate of drug-likeness (QED) is 0.523. The molecule has 3 nitrogen and oxygen atoms in total. The number of nitrogens with one attached hydrogen (secondary N) is 1. The predicted molar refractivity (Wildman–Crippen MR) is 106 cm³/mol. The summed E-state index contributed by atoms with van der Waals surface area (Å²) in [5.41, 5.74) is 2.87. The van der Waals surface area contributed by atoms with E-state index >= 15 is 0 Å². The second kappa shape index (κ2) is 7.31. The molecule has 2 N–H and O–H groups in total. The summed E-state index contributed by atoms with van der Waals surface area (Å²) in [6.45, 7) is 3.98. The molecule has 2 aromatic carbocycles. The van der Waals surface area contributed by atoms with Gasteiger partial charge in [-0.15, -0.1) is 11.3 Å². The van der Waals surface area contributed by atoms with Crippen LogP contribution in [0.2, 0.25) is 10.0 Å². The molecular weight excluding hydrogens is 377 g/mol. The second-order valence-electron chi connectivity index (χ2n) is 5.25. The molecule has 0 spiro atoms. The van der Waals surface area contributed by atoms with Gasteiger partial charge in [-0.1, -0.05) is 60.1 Å². The van der Waals surface area contributed by atoms with Crippen molar-refractivity contribution in [2.24, 2.45) is 0 Å². The number of benzene rings is 2. The van der Waals surface area contributed by atoms with Gasteiger partial charge in [-0.3, -0.25) is 0 Å². The lowest BCUT2D eigenvalue weighted by Crippen LogP contribution is -2.04. The Morgan fingerprint density at radius 2 is 1.76 bits per heavy atom. The highest BCUT2D eigenvalue weighted by Crippen LogP contribution is 2.38. The number of carboxylic acids is 1. The molecule has 126 valence electrons. The van der Waals surface area contributed by atoms with E-state index in [0.29, 0.717) is 26.3 Å². The topological polar surface area (TPSA) is 49.3 Å². The van der Waals surface area contributed by atoms with E-state index in [4.69, 9.17) is 23.2 Å². The normalized spacial score (nSPS) is 10.5. The Morgan fingerprint density at radius 3 is 2.40 bits per heavy atom. The summed E-state index contributed by atoms with van der Waals surface area (Å²) in [6, 6.07) is 14.3. The van der Waals surface area contributed by atoms with Gasteiger partial charge in [0.25, 0.3) is 0 Å². The molecule has 0 unspecified atom stereocenters. The number of hydrogen-bond acceptors (Lipinski definition) is 3. The monoisotopic (exact) mass is 389 g/mol. The van der Waals surface area contributed by atoms with Crippen LogP contribution in [-0.2, 0) is 0 Å². The summed E-state index contributed by atoms with van der Waals surface area (Å²) < 4.78 is 0. The average Bonchev–Trinajstić information content (AvgIpc) is 2.99. The van der Waals surface area contributed by atoms with Crippen LogP contribution in [0.5, 0.6) is 0 Å². The summed E-state index contributed by atoms with van der Waals surface area (Å²) in [6.07, 6.45) is 0. The van der Waals surface area contributed by atoms with Gasteiger partial charge >= 0.3 is 5.97 Å². The number of anilines is 1. The highest BCUT2D eigenvalue weighted by molar-refractivity contribution is 7.15. The lowest BCUT2D eigenvalue weighted by Gasteiger charge is -2.11. The van der Waals surface area contributed by atoms with E-state index in [1.807, 2.05) is 18.2 Å². The maximum atomic E-state index is 11.8. The molecule has 0 aliphatic heterocycles. The fraction of sp³-hybridized carbons (Fsp3) is 0. The Morgan fingerprint density at radius 1 is 1.08 bits per heavy atom. The molecule has 0 saturated carbocycles. The van der Waals surface area contributed by atoms with Crippen molar-refractivity contribution in [3.63, 3.8) is 0 Å². The number of hydrogen-bond donors (Lipinski definition) is 2. The summed E-state index contributed by atoms with van der Waals surface area (Å²) in [7, 11) is 0. The van der Waals surface area contributed by atoms with Crippen LogP contribution < -0.4 is 5.32 Å². The Balaban J connectivity index is 1.98. The summed E-state index contributed by atoms with van der Waals surface area (Å²) >= 11 is 13.4. The maximum absolute atomic E-state index is 11.8. The molecule has 0 fully saturated rings. The van der Waals surface area contributed by atoms with Crippen LogP contribution in [0.4, 0.5) is 5.00 Å². The Bertz CT molecular complexity index is 948. The van der Waals surface area contributed by atoms with Gasteiger partial charge in [0, 0.05) is 32.2 Å². The first-order valence-electron chi connectivity index (χ1n) is 7.29. The van der Waals surface area contributed by atoms with Crippen LogP contribution in [0.1, 0.15) is 15.9 Å². The first kappa shape index (κ1) is 17.5. The molecule has 0 amide bonds. The van der Waals surface area contributed by atoms with Crippen molar-refractivity contribution in [1.29, 1.82) is 0 Å². The molecule has 3 rings (SSSR count). The smallest absolute Gasteiger partial charge is 0.339 e. The highest BCUT2D eigenvalue weighted by Gasteiger charge is 2.20. The minimum Gasteiger partial charge on any atom is -0.478 e. The average molecular weight is 390 g/mol. The van der Waals surface area contributed by atoms with E-state index in [9.17, 15) is 9.90 Å². The van der Waals surface area contributed by atoms with Crippen molar-refractivity contribution in [2.45, 2.75) is 0 Å². The summed E-state index contributed by atoms with van der Waals surface area (Å²) in [5, 5.41) is 16.2. The van der Waals surface area contributed by atoms with Crippen molar-refractivity contribution in [2.75, 3.05) is 5.32 Å². The molecule has 0 aliphatic rings. The largest absolute Gasteiger partial charge is 0.478 e. The number of aromatic carboxylic acids is 1. The van der Waals surface area contributed by atoms with E-state index in [-0.39, 0.29) is 5.56 Å². The van der Waals surface area contributed by atoms with Gasteiger partial charge in [-0.2, -0.15) is 0 Å². The van der Waals surface area contributed by atoms with Gasteiger partial charge < -0.3 is 10.4 Å². The third-order valence-corrected chi connectivity index (χ3v) is 5.10. The number of halogens is 2. The number of thiophene rings is 1. The van der Waals surface area contributed by atoms with Crippen molar-refractivity contribution < 1.29 is 9.90 Å². The molecule has 0 atom stereocenters. The maximum Gasteiger partial charge on any atom is 0.339 e. The van der Waals surface area contributed by atoms with Gasteiger partial charge in [0.1, 0.15) is 10.6 Å². The fourth-order valence-electron chi connectivity index (χ4n) is 2.41. The zero-order chi connectivity index (χ0) is 18.0. The van der Waals surface area contributed by atoms with E-state index in [2.05, 4.69) is 11.9 Å². The Hall–Kier alpha value is -2.27. The number of carboxylic acid groups (broad SMARTS) is 1. The summed E-state index contributed by atoms with van der Waals surface area (Å²) in [5.74, 6) is -1.01. The Kier molecular flexibility index (Phi) is 5.13. The molecule has 1 aromatic heterocycles. The zero-order valence-electron chi connectivity index (χ0n) is 12.9. The highest BCUT2D eigenvalue weighted by atomic mass is 35.5. The van der Waals surface area contributed by atoms with Gasteiger partial charge in [-0.05, 0) is 23.8 Å². The van der Waals surface area contributed by atoms with Crippen molar-refractivity contribution >= 4 is 51.2 Å². The van der Waals surface area contributed by atoms with E-state index in [1.165, 1.54) is 11.3 Å². The standard InChI is InChI=1S/C19H13Cl2NO2S/c1-11(14-4-2-3-5-16(14)21)22-18-17(19(23)24)15(10-25-18)12-6-8-13(20)9-7-12/h2-10,22H,1H2,(H,23,24). The molecule has 0 bridgehead atoms. The lowest BCUT2D eigenvalue weighted by atomic mass is 10.0. The molecular formula is C19H13Cl2NO2S. The van der Waals surface area contributed by atoms with Crippen LogP contribution in [0.3, 0.4) is 0 Å². The first-order valence-corrected chi connectivity index (χ1v) is 8.92. The van der Waals surface area contributed by atoms with E-state index in [1.54, 1.807) is 35.7 Å². The fourth-order valence-corrected chi connectivity index (χ4v) is 3.78. The number of rotatable bonds is 5. The van der Waals surface area contributed by atoms with Crippen molar-refractivity contribution in [3.8, 4) is 11.1 Å². The first-order chi connectivity index (χ1) is 12.0. The van der Waals surface area contributed by atoms with Crippen LogP contribution in [0.25, 0.3) is 16.8 Å². The van der Waals surface area contributed by atoms with Crippen LogP contribution in [-0.4, -0.2) is 11.1 Å². The van der Waals surface area contributed by atoms with Gasteiger partial charge in [0.15, 0.2) is 0 Å². The SMILES string of the molecule is C=C(Nc1scc(-c2ccc(Cl)cc2)c1C(=O)O)c1ccccc1Cl. The van der Waals surface area contributed by atoms with Crippen LogP contribution >= 0.6 is 34.5 Å². The van der Waals surface area contributed by atoms with E-state index in [0.717, 1.165) is 11.1 Å². The van der Waals surface area contributed by atoms with Crippen molar-refractivity contribution in [3.05, 3.63) is 81.7 Å². The molecule has 6 heteroatoms. The van der Waals surface area contributed by atoms with Gasteiger partial charge in [0.05, 0.1) is 0 Å². The number of carbonyl (C=O) groups is 1. The lowest BCUT2D eigenvalue weighted by molar-refractivity contribution is 0.0699. The molecule has 0 radical (unpaired) electrons. The Labute approximate surface area is 159 Å². The molecule has 0 saturated heterocycles. The van der Waals surface area contributed by atoms with E-state index < -0.39 is 5.97 Å². The van der Waals surface area contributed by atoms with Crippen LogP contribution in [0, 0.1) is 0 Å². The summed E-state index contributed by atoms with van der Waals surface area (Å²) in [4.78, 5) is 11.8. The van der Waals surface area contributed by atoms with Gasteiger partial charge in [0.2, 0.25) is 0 Å². The molecule has 1 heterocycles. The predicted octanol–water partition coefficient (Wildman–Crippen LogP) is 6.50. The minimum absolute atomic E-state index is 0.195. The second-order valence-corrected chi connectivity index (χ2v) is 6.97. The molecule has 0 aliphatic carbocycles.